The first-order chi connectivity index (χ1) is 12.6. The van der Waals surface area contributed by atoms with Gasteiger partial charge in [-0.15, -0.1) is 0 Å². The second kappa shape index (κ2) is 6.77. The van der Waals surface area contributed by atoms with Crippen LogP contribution in [0.4, 0.5) is 0 Å². The second-order valence-corrected chi connectivity index (χ2v) is 9.89. The number of aromatic nitrogens is 1. The predicted molar refractivity (Wildman–Crippen MR) is 97.1 cm³/mol. The van der Waals surface area contributed by atoms with Gasteiger partial charge in [-0.1, -0.05) is 17.7 Å². The molecule has 1 atom stereocenters. The highest BCUT2D eigenvalue weighted by Gasteiger charge is 2.35. The standard InChI is InChI=1S/C17H20N2O6S2/c1-11-3-6-13(7-4-11)27(23,24)19-10-16(26(18,21)22)14-8-5-12(9-15(14)19)17(20)25-2/h3-4,6-7,10,12H,5,8-9H2,1-2H3,(H2,18,21,22). The van der Waals surface area contributed by atoms with Crippen molar-refractivity contribution in [1.82, 2.24) is 3.97 Å². The Morgan fingerprint density at radius 2 is 1.81 bits per heavy atom. The van der Waals surface area contributed by atoms with Crippen LogP contribution in [0, 0.1) is 12.8 Å². The molecule has 1 heterocycles. The van der Waals surface area contributed by atoms with E-state index in [9.17, 15) is 21.6 Å². The first-order valence-corrected chi connectivity index (χ1v) is 11.2. The van der Waals surface area contributed by atoms with Crippen molar-refractivity contribution in [2.45, 2.75) is 36.0 Å². The summed E-state index contributed by atoms with van der Waals surface area (Å²) in [6.45, 7) is 1.83. The fourth-order valence-corrected chi connectivity index (χ4v) is 5.63. The van der Waals surface area contributed by atoms with Crippen molar-refractivity contribution >= 4 is 26.0 Å². The molecule has 0 spiro atoms. The van der Waals surface area contributed by atoms with E-state index in [0.717, 1.165) is 15.7 Å². The van der Waals surface area contributed by atoms with Crippen LogP contribution in [0.1, 0.15) is 23.2 Å². The van der Waals surface area contributed by atoms with Gasteiger partial charge in [0.2, 0.25) is 10.0 Å². The Morgan fingerprint density at radius 3 is 2.37 bits per heavy atom. The number of rotatable bonds is 4. The SMILES string of the molecule is COC(=O)C1CCc2c(S(N)(=O)=O)cn(S(=O)(=O)c3ccc(C)cc3)c2C1. The number of methoxy groups -OCH3 is 1. The molecule has 10 heteroatoms. The van der Waals surface area contributed by atoms with Crippen LogP contribution in [0.3, 0.4) is 0 Å². The van der Waals surface area contributed by atoms with Crippen molar-refractivity contribution in [3.8, 4) is 0 Å². The molecule has 0 radical (unpaired) electrons. The minimum absolute atomic E-state index is 0.0204. The summed E-state index contributed by atoms with van der Waals surface area (Å²) in [4.78, 5) is 11.7. The fraction of sp³-hybridized carbons (Fsp3) is 0.353. The third-order valence-electron chi connectivity index (χ3n) is 4.75. The maximum Gasteiger partial charge on any atom is 0.309 e. The number of nitrogens with zero attached hydrogens (tertiary/aromatic N) is 1. The number of sulfonamides is 1. The van der Waals surface area contributed by atoms with E-state index in [0.29, 0.717) is 12.0 Å². The Kier molecular flexibility index (Phi) is 4.91. The third-order valence-corrected chi connectivity index (χ3v) is 7.42. The average molecular weight is 412 g/mol. The molecular weight excluding hydrogens is 392 g/mol. The van der Waals surface area contributed by atoms with Crippen molar-refractivity contribution in [1.29, 1.82) is 0 Å². The van der Waals surface area contributed by atoms with Gasteiger partial charge in [0.05, 0.1) is 17.9 Å². The third kappa shape index (κ3) is 3.52. The highest BCUT2D eigenvalue weighted by Crippen LogP contribution is 2.34. The Labute approximate surface area is 158 Å². The van der Waals surface area contributed by atoms with E-state index in [4.69, 9.17) is 9.88 Å². The molecule has 1 unspecified atom stereocenters. The number of hydrogen-bond acceptors (Lipinski definition) is 6. The molecule has 3 rings (SSSR count). The lowest BCUT2D eigenvalue weighted by molar-refractivity contribution is -0.145. The minimum atomic E-state index is -4.12. The van der Waals surface area contributed by atoms with Crippen LogP contribution in [0.5, 0.6) is 0 Å². The van der Waals surface area contributed by atoms with Crippen molar-refractivity contribution in [2.75, 3.05) is 7.11 Å². The van der Waals surface area contributed by atoms with Crippen LogP contribution in [-0.4, -0.2) is 33.9 Å². The summed E-state index contributed by atoms with van der Waals surface area (Å²) in [6, 6.07) is 6.21. The lowest BCUT2D eigenvalue weighted by Gasteiger charge is -2.22. The number of fused-ring (bicyclic) bond motifs is 1. The number of nitrogens with two attached hydrogens (primary N) is 1. The van der Waals surface area contributed by atoms with Crippen molar-refractivity contribution < 1.29 is 26.4 Å². The smallest absolute Gasteiger partial charge is 0.309 e. The van der Waals surface area contributed by atoms with Gasteiger partial charge < -0.3 is 4.74 Å². The first kappa shape index (κ1) is 19.6. The molecule has 2 aromatic rings. The molecule has 8 nitrogen and oxygen atoms in total. The summed E-state index contributed by atoms with van der Waals surface area (Å²) in [7, 11) is -6.91. The normalized spacial score (nSPS) is 17.4. The van der Waals surface area contributed by atoms with E-state index in [1.807, 2.05) is 6.92 Å². The summed E-state index contributed by atoms with van der Waals surface area (Å²) in [5.41, 5.74) is 1.48. The number of carbonyl (C=O) groups excluding carboxylic acids is 1. The molecule has 1 aliphatic rings. The van der Waals surface area contributed by atoms with Crippen LogP contribution in [-0.2, 0) is 42.4 Å². The Morgan fingerprint density at radius 1 is 1.19 bits per heavy atom. The van der Waals surface area contributed by atoms with Gasteiger partial charge in [-0.2, -0.15) is 0 Å². The molecule has 0 amide bonds. The molecule has 1 aromatic carbocycles. The monoisotopic (exact) mass is 412 g/mol. The number of aryl methyl sites for hydroxylation is 1. The van der Waals surface area contributed by atoms with Gasteiger partial charge in [0.25, 0.3) is 10.0 Å². The molecule has 0 saturated carbocycles. The molecule has 27 heavy (non-hydrogen) atoms. The zero-order valence-corrected chi connectivity index (χ0v) is 16.5. The summed E-state index contributed by atoms with van der Waals surface area (Å²) < 4.78 is 55.9. The second-order valence-electron chi connectivity index (χ2n) is 6.54. The lowest BCUT2D eigenvalue weighted by Crippen LogP contribution is -2.27. The molecule has 1 aromatic heterocycles. The predicted octanol–water partition coefficient (Wildman–Crippen LogP) is 0.959. The van der Waals surface area contributed by atoms with Gasteiger partial charge in [0.15, 0.2) is 0 Å². The number of hydrogen-bond donors (Lipinski definition) is 1. The topological polar surface area (TPSA) is 126 Å². The van der Waals surface area contributed by atoms with Crippen molar-refractivity contribution in [2.24, 2.45) is 11.1 Å². The summed E-state index contributed by atoms with van der Waals surface area (Å²) in [6.07, 6.45) is 1.67. The van der Waals surface area contributed by atoms with Gasteiger partial charge in [-0.05, 0) is 37.5 Å². The first-order valence-electron chi connectivity index (χ1n) is 8.21. The Balaban J connectivity index is 2.20. The van der Waals surface area contributed by atoms with E-state index >= 15 is 0 Å². The van der Waals surface area contributed by atoms with E-state index in [1.165, 1.54) is 19.2 Å². The number of esters is 1. The lowest BCUT2D eigenvalue weighted by atomic mass is 9.88. The Hall–Kier alpha value is -2.17. The van der Waals surface area contributed by atoms with Crippen molar-refractivity contribution in [3.05, 3.63) is 47.3 Å². The summed E-state index contributed by atoms with van der Waals surface area (Å²) in [5.74, 6) is -1.00. The van der Waals surface area contributed by atoms with Gasteiger partial charge in [0, 0.05) is 18.3 Å². The molecule has 2 N–H and O–H groups in total. The molecular formula is C17H20N2O6S2. The van der Waals surface area contributed by atoms with Crippen LogP contribution in [0.25, 0.3) is 0 Å². The zero-order valence-electron chi connectivity index (χ0n) is 14.9. The van der Waals surface area contributed by atoms with E-state index in [-0.39, 0.29) is 28.3 Å². The fourth-order valence-electron chi connectivity index (χ4n) is 3.32. The summed E-state index contributed by atoms with van der Waals surface area (Å²) in [5, 5.41) is 5.29. The highest BCUT2D eigenvalue weighted by atomic mass is 32.2. The van der Waals surface area contributed by atoms with Crippen LogP contribution >= 0.6 is 0 Å². The largest absolute Gasteiger partial charge is 0.469 e. The maximum absolute atomic E-state index is 13.1. The van der Waals surface area contributed by atoms with E-state index < -0.39 is 31.9 Å². The number of carbonyl (C=O) groups is 1. The minimum Gasteiger partial charge on any atom is -0.469 e. The number of ether oxygens (including phenoxy) is 1. The molecule has 0 saturated heterocycles. The van der Waals surface area contributed by atoms with Gasteiger partial charge in [0.1, 0.15) is 4.90 Å². The Bertz CT molecular complexity index is 1100. The zero-order chi connectivity index (χ0) is 20.0. The number of benzene rings is 1. The summed E-state index contributed by atoms with van der Waals surface area (Å²) >= 11 is 0. The maximum atomic E-state index is 13.1. The van der Waals surface area contributed by atoms with Gasteiger partial charge in [-0.3, -0.25) is 4.79 Å². The molecule has 146 valence electrons. The van der Waals surface area contributed by atoms with E-state index in [1.54, 1.807) is 12.1 Å². The average Bonchev–Trinajstić information content (AvgIpc) is 3.01. The molecule has 0 bridgehead atoms. The molecule has 0 aliphatic heterocycles. The quantitative estimate of drug-likeness (QED) is 0.746. The van der Waals surface area contributed by atoms with Crippen LogP contribution < -0.4 is 5.14 Å². The molecule has 1 aliphatic carbocycles. The van der Waals surface area contributed by atoms with E-state index in [2.05, 4.69) is 0 Å². The molecule has 0 fully saturated rings. The van der Waals surface area contributed by atoms with Gasteiger partial charge >= 0.3 is 5.97 Å². The van der Waals surface area contributed by atoms with Gasteiger partial charge in [-0.25, -0.2) is 25.9 Å². The van der Waals surface area contributed by atoms with Crippen LogP contribution in [0.15, 0.2) is 40.3 Å². The number of primary sulfonamides is 1. The van der Waals surface area contributed by atoms with Crippen molar-refractivity contribution in [3.63, 3.8) is 0 Å². The van der Waals surface area contributed by atoms with Crippen LogP contribution in [0.2, 0.25) is 0 Å². The highest BCUT2D eigenvalue weighted by molar-refractivity contribution is 7.90.